The zero-order valence-corrected chi connectivity index (χ0v) is 17.9. The van der Waals surface area contributed by atoms with E-state index >= 15 is 0 Å². The number of aromatic nitrogens is 2. The Labute approximate surface area is 186 Å². The number of nitro benzene ring substituents is 1. The molecule has 0 aliphatic heterocycles. The van der Waals surface area contributed by atoms with Gasteiger partial charge in [0.15, 0.2) is 6.61 Å². The normalized spacial score (nSPS) is 10.4. The number of hydrogen-bond donors (Lipinski definition) is 1. The van der Waals surface area contributed by atoms with Crippen molar-refractivity contribution in [3.63, 3.8) is 0 Å². The van der Waals surface area contributed by atoms with Crippen molar-refractivity contribution >= 4 is 35.0 Å². The van der Waals surface area contributed by atoms with Gasteiger partial charge in [-0.25, -0.2) is 9.78 Å². The molecule has 3 aromatic rings. The van der Waals surface area contributed by atoms with Gasteiger partial charge < -0.3 is 19.3 Å². The van der Waals surface area contributed by atoms with Crippen LogP contribution in [0.3, 0.4) is 0 Å². The first kappa shape index (κ1) is 22.7. The summed E-state index contributed by atoms with van der Waals surface area (Å²) in [6.45, 7) is 1.14. The van der Waals surface area contributed by atoms with Gasteiger partial charge in [0.25, 0.3) is 11.6 Å². The van der Waals surface area contributed by atoms with Gasteiger partial charge in [-0.15, -0.1) is 0 Å². The highest BCUT2D eigenvalue weighted by atomic mass is 32.2. The molecule has 0 aliphatic carbocycles. The number of nitrogens with one attached hydrogen (secondary N) is 1. The lowest BCUT2D eigenvalue weighted by Gasteiger charge is -2.09. The number of benzene rings is 1. The largest absolute Gasteiger partial charge is 0.496 e. The van der Waals surface area contributed by atoms with Crippen LogP contribution in [0.25, 0.3) is 0 Å². The zero-order chi connectivity index (χ0) is 23.1. The molecule has 0 saturated heterocycles. The third kappa shape index (κ3) is 5.82. The lowest BCUT2D eigenvalue weighted by Crippen LogP contribution is -2.21. The molecule has 0 radical (unpaired) electrons. The summed E-state index contributed by atoms with van der Waals surface area (Å²) < 4.78 is 15.0. The number of aryl methyl sites for hydroxylation is 1. The lowest BCUT2D eigenvalue weighted by molar-refractivity contribution is -0.384. The van der Waals surface area contributed by atoms with Crippen LogP contribution in [0.4, 0.5) is 11.4 Å². The number of esters is 1. The molecule has 2 heterocycles. The van der Waals surface area contributed by atoms with Crippen LogP contribution in [-0.2, 0) is 15.3 Å². The van der Waals surface area contributed by atoms with Crippen LogP contribution in [0.2, 0.25) is 0 Å². The first-order chi connectivity index (χ1) is 15.4. The minimum absolute atomic E-state index is 0.0441. The van der Waals surface area contributed by atoms with E-state index in [9.17, 15) is 19.7 Å². The van der Waals surface area contributed by atoms with Crippen molar-refractivity contribution in [1.29, 1.82) is 0 Å². The molecule has 0 bridgehead atoms. The van der Waals surface area contributed by atoms with Crippen LogP contribution < -0.4 is 10.1 Å². The predicted octanol–water partition coefficient (Wildman–Crippen LogP) is 3.38. The van der Waals surface area contributed by atoms with E-state index in [4.69, 9.17) is 14.0 Å². The minimum Gasteiger partial charge on any atom is -0.496 e. The number of thioether (sulfide) groups is 1. The van der Waals surface area contributed by atoms with E-state index in [2.05, 4.69) is 15.5 Å². The first-order valence-corrected chi connectivity index (χ1v) is 10.2. The topological polar surface area (TPSA) is 147 Å². The SMILES string of the molecule is COc1ccc(NC(=O)COC(=O)c2cccnc2SCc2cc(C)on2)c([N+](=O)[O-])c1. The number of nitrogens with zero attached hydrogens (tertiary/aromatic N) is 3. The van der Waals surface area contributed by atoms with E-state index in [1.165, 1.54) is 49.3 Å². The van der Waals surface area contributed by atoms with Crippen molar-refractivity contribution in [1.82, 2.24) is 10.1 Å². The number of pyridine rings is 1. The van der Waals surface area contributed by atoms with Crippen molar-refractivity contribution in [2.75, 3.05) is 19.0 Å². The molecule has 1 N–H and O–H groups in total. The Kier molecular flexibility index (Phi) is 7.39. The van der Waals surface area contributed by atoms with Gasteiger partial charge in [-0.3, -0.25) is 14.9 Å². The van der Waals surface area contributed by atoms with E-state index in [-0.39, 0.29) is 22.7 Å². The van der Waals surface area contributed by atoms with Gasteiger partial charge in [0.05, 0.1) is 29.4 Å². The fraction of sp³-hybridized carbons (Fsp3) is 0.200. The average molecular weight is 458 g/mol. The minimum atomic E-state index is -0.753. The Hall–Kier alpha value is -3.93. The summed E-state index contributed by atoms with van der Waals surface area (Å²) in [5, 5.41) is 17.9. The van der Waals surface area contributed by atoms with Gasteiger partial charge in [-0.05, 0) is 31.2 Å². The monoisotopic (exact) mass is 458 g/mol. The van der Waals surface area contributed by atoms with Crippen LogP contribution in [0, 0.1) is 17.0 Å². The van der Waals surface area contributed by atoms with E-state index in [0.717, 1.165) is 0 Å². The van der Waals surface area contributed by atoms with Crippen LogP contribution in [-0.4, -0.2) is 40.7 Å². The Morgan fingerprint density at radius 2 is 2.09 bits per heavy atom. The smallest absolute Gasteiger partial charge is 0.341 e. The van der Waals surface area contributed by atoms with E-state index in [0.29, 0.717) is 22.2 Å². The van der Waals surface area contributed by atoms with Crippen molar-refractivity contribution < 1.29 is 28.5 Å². The molecule has 1 amide bonds. The molecule has 0 spiro atoms. The molecule has 0 saturated carbocycles. The fourth-order valence-corrected chi connectivity index (χ4v) is 3.44. The zero-order valence-electron chi connectivity index (χ0n) is 17.1. The van der Waals surface area contributed by atoms with Gasteiger partial charge in [-0.1, -0.05) is 16.9 Å². The Morgan fingerprint density at radius 3 is 2.78 bits per heavy atom. The Balaban J connectivity index is 1.61. The fourth-order valence-electron chi connectivity index (χ4n) is 2.58. The maximum Gasteiger partial charge on any atom is 0.341 e. The van der Waals surface area contributed by atoms with Gasteiger partial charge in [-0.2, -0.15) is 0 Å². The quantitative estimate of drug-likeness (QED) is 0.219. The van der Waals surface area contributed by atoms with Gasteiger partial charge in [0.1, 0.15) is 22.2 Å². The molecule has 2 aromatic heterocycles. The summed E-state index contributed by atoms with van der Waals surface area (Å²) in [4.78, 5) is 39.4. The maximum atomic E-state index is 12.5. The Bertz CT molecular complexity index is 1150. The van der Waals surface area contributed by atoms with Gasteiger partial charge >= 0.3 is 5.97 Å². The maximum absolute atomic E-state index is 12.5. The molecule has 3 rings (SSSR count). The highest BCUT2D eigenvalue weighted by molar-refractivity contribution is 7.98. The van der Waals surface area contributed by atoms with Gasteiger partial charge in [0, 0.05) is 18.0 Å². The third-order valence-electron chi connectivity index (χ3n) is 4.03. The number of nitro groups is 1. The predicted molar refractivity (Wildman–Crippen MR) is 114 cm³/mol. The second-order valence-corrected chi connectivity index (χ2v) is 7.30. The average Bonchev–Trinajstić information content (AvgIpc) is 3.21. The van der Waals surface area contributed by atoms with Gasteiger partial charge in [0.2, 0.25) is 0 Å². The molecule has 32 heavy (non-hydrogen) atoms. The number of carbonyl (C=O) groups excluding carboxylic acids is 2. The van der Waals surface area contributed by atoms with Crippen molar-refractivity contribution in [3.8, 4) is 5.75 Å². The van der Waals surface area contributed by atoms with Crippen molar-refractivity contribution in [2.45, 2.75) is 17.7 Å². The number of anilines is 1. The number of hydrogen-bond acceptors (Lipinski definition) is 10. The van der Waals surface area contributed by atoms with E-state index in [1.807, 2.05) is 0 Å². The lowest BCUT2D eigenvalue weighted by atomic mass is 10.2. The number of carbonyl (C=O) groups is 2. The summed E-state index contributed by atoms with van der Waals surface area (Å²) in [6, 6.07) is 8.84. The van der Waals surface area contributed by atoms with E-state index in [1.54, 1.807) is 19.1 Å². The van der Waals surface area contributed by atoms with Crippen molar-refractivity contribution in [3.05, 3.63) is 69.7 Å². The number of rotatable bonds is 9. The molecule has 11 nitrogen and oxygen atoms in total. The molecule has 12 heteroatoms. The highest BCUT2D eigenvalue weighted by Crippen LogP contribution is 2.29. The molecule has 0 fully saturated rings. The summed E-state index contributed by atoms with van der Waals surface area (Å²) in [7, 11) is 1.37. The molecule has 1 aromatic carbocycles. The van der Waals surface area contributed by atoms with Crippen LogP contribution >= 0.6 is 11.8 Å². The second kappa shape index (κ2) is 10.4. The summed E-state index contributed by atoms with van der Waals surface area (Å²) in [5.41, 5.74) is 0.481. The molecular formula is C20H18N4O7S. The number of ether oxygens (including phenoxy) is 2. The highest BCUT2D eigenvalue weighted by Gasteiger charge is 2.20. The number of amides is 1. The summed E-state index contributed by atoms with van der Waals surface area (Å²) in [5.74, 6) is -0.122. The van der Waals surface area contributed by atoms with E-state index < -0.39 is 23.4 Å². The summed E-state index contributed by atoms with van der Waals surface area (Å²) in [6.07, 6.45) is 1.53. The molecular weight excluding hydrogens is 440 g/mol. The standard InChI is InChI=1S/C20H18N4O7S/c1-12-8-13(23-31-12)11-32-19-15(4-3-7-21-19)20(26)30-10-18(25)22-16-6-5-14(29-2)9-17(16)24(27)28/h3-9H,10-11H2,1-2H3,(H,22,25). The van der Waals surface area contributed by atoms with Crippen LogP contribution in [0.5, 0.6) is 5.75 Å². The summed E-state index contributed by atoms with van der Waals surface area (Å²) >= 11 is 1.27. The van der Waals surface area contributed by atoms with Crippen molar-refractivity contribution in [2.24, 2.45) is 0 Å². The number of methoxy groups -OCH3 is 1. The molecule has 166 valence electrons. The second-order valence-electron chi connectivity index (χ2n) is 6.34. The molecule has 0 unspecified atom stereocenters. The molecule has 0 aliphatic rings. The Morgan fingerprint density at radius 1 is 1.28 bits per heavy atom. The van der Waals surface area contributed by atoms with Crippen LogP contribution in [0.1, 0.15) is 21.8 Å². The first-order valence-electron chi connectivity index (χ1n) is 9.16. The third-order valence-corrected chi connectivity index (χ3v) is 5.07. The van der Waals surface area contributed by atoms with Crippen LogP contribution in [0.15, 0.2) is 52.1 Å². The molecule has 0 atom stereocenters.